The maximum atomic E-state index is 12.2. The molecule has 0 aliphatic heterocycles. The second-order valence-electron chi connectivity index (χ2n) is 3.81. The molecule has 0 fully saturated rings. The molecule has 9 heteroatoms. The normalized spacial score (nSPS) is 11.5. The highest BCUT2D eigenvalue weighted by atomic mass is 35.5. The lowest BCUT2D eigenvalue weighted by molar-refractivity contribution is 0.486. The quantitative estimate of drug-likeness (QED) is 0.484. The van der Waals surface area contributed by atoms with E-state index in [0.29, 0.717) is 0 Å². The first-order valence-corrected chi connectivity index (χ1v) is 8.54. The van der Waals surface area contributed by atoms with Crippen molar-refractivity contribution in [1.82, 2.24) is 0 Å². The Morgan fingerprint density at radius 2 is 1.38 bits per heavy atom. The predicted octanol–water partition coefficient (Wildman–Crippen LogP) is 5.72. The minimum Gasteiger partial charge on any atom is -0.377 e. The average Bonchev–Trinajstić information content (AvgIpc) is 2.38. The van der Waals surface area contributed by atoms with Crippen molar-refractivity contribution in [2.75, 3.05) is 0 Å². The summed E-state index contributed by atoms with van der Waals surface area (Å²) in [5.74, 6) is -0.165. The first-order chi connectivity index (χ1) is 9.70. The molecule has 0 saturated heterocycles. The van der Waals surface area contributed by atoms with Crippen molar-refractivity contribution in [2.45, 2.75) is 4.90 Å². The molecule has 0 spiro atoms. The zero-order chi connectivity index (χ0) is 15.8. The smallest absolute Gasteiger partial charge is 0.340 e. The van der Waals surface area contributed by atoms with Gasteiger partial charge in [0, 0.05) is 11.1 Å². The van der Waals surface area contributed by atoms with Crippen LogP contribution in [0.1, 0.15) is 0 Å². The van der Waals surface area contributed by atoms with Crippen molar-refractivity contribution in [3.05, 3.63) is 55.4 Å². The van der Waals surface area contributed by atoms with Crippen LogP contribution in [-0.4, -0.2) is 8.42 Å². The van der Waals surface area contributed by atoms with Gasteiger partial charge in [0.15, 0.2) is 5.75 Å². The van der Waals surface area contributed by atoms with Crippen LogP contribution >= 0.6 is 58.0 Å². The van der Waals surface area contributed by atoms with Crippen molar-refractivity contribution in [2.24, 2.45) is 0 Å². The molecular formula is C12H5Cl5O3S. The molecule has 0 atom stereocenters. The summed E-state index contributed by atoms with van der Waals surface area (Å²) in [6, 6.07) is 6.44. The lowest BCUT2D eigenvalue weighted by Gasteiger charge is -2.11. The lowest BCUT2D eigenvalue weighted by Crippen LogP contribution is -2.10. The van der Waals surface area contributed by atoms with Crippen molar-refractivity contribution in [3.8, 4) is 5.75 Å². The molecule has 0 aliphatic carbocycles. The van der Waals surface area contributed by atoms with E-state index in [1.54, 1.807) is 0 Å². The van der Waals surface area contributed by atoms with Gasteiger partial charge in [-0.2, -0.15) is 8.42 Å². The minimum atomic E-state index is -4.22. The molecular weight excluding hydrogens is 401 g/mol. The van der Waals surface area contributed by atoms with Gasteiger partial charge >= 0.3 is 10.1 Å². The molecule has 2 aromatic carbocycles. The highest BCUT2D eigenvalue weighted by molar-refractivity contribution is 7.87. The summed E-state index contributed by atoms with van der Waals surface area (Å²) in [4.78, 5) is -0.279. The van der Waals surface area contributed by atoms with Crippen LogP contribution in [0.4, 0.5) is 0 Å². The van der Waals surface area contributed by atoms with Gasteiger partial charge < -0.3 is 4.18 Å². The summed E-state index contributed by atoms with van der Waals surface area (Å²) in [7, 11) is -4.22. The fourth-order valence-corrected chi connectivity index (χ4v) is 3.70. The van der Waals surface area contributed by atoms with Crippen LogP contribution in [-0.2, 0) is 10.1 Å². The molecule has 0 saturated carbocycles. The molecule has 2 aromatic rings. The van der Waals surface area contributed by atoms with Crippen LogP contribution < -0.4 is 4.18 Å². The Morgan fingerprint density at radius 1 is 0.762 bits per heavy atom. The van der Waals surface area contributed by atoms with E-state index in [4.69, 9.17) is 62.2 Å². The Balaban J connectivity index is 2.47. The van der Waals surface area contributed by atoms with E-state index < -0.39 is 10.1 Å². The van der Waals surface area contributed by atoms with E-state index >= 15 is 0 Å². The molecule has 0 amide bonds. The maximum Gasteiger partial charge on any atom is 0.340 e. The summed E-state index contributed by atoms with van der Waals surface area (Å²) in [6.45, 7) is 0. The zero-order valence-electron chi connectivity index (χ0n) is 9.91. The van der Waals surface area contributed by atoms with Crippen LogP contribution in [0.25, 0.3) is 0 Å². The average molecular weight is 407 g/mol. The summed E-state index contributed by atoms with van der Waals surface area (Å²) in [6.07, 6.45) is 0. The fourth-order valence-electron chi connectivity index (χ4n) is 1.40. The van der Waals surface area contributed by atoms with Gasteiger partial charge in [-0.3, -0.25) is 0 Å². The van der Waals surface area contributed by atoms with E-state index in [1.165, 1.54) is 30.3 Å². The topological polar surface area (TPSA) is 43.4 Å². The largest absolute Gasteiger partial charge is 0.377 e. The van der Waals surface area contributed by atoms with Crippen molar-refractivity contribution >= 4 is 68.1 Å². The molecule has 0 bridgehead atoms. The second kappa shape index (κ2) is 6.41. The number of rotatable bonds is 3. The Hall–Kier alpha value is -0.360. The first kappa shape index (κ1) is 17.0. The minimum absolute atomic E-state index is 0.00822. The van der Waals surface area contributed by atoms with Gasteiger partial charge in [0.05, 0.1) is 20.1 Å². The van der Waals surface area contributed by atoms with Gasteiger partial charge in [-0.25, -0.2) is 0 Å². The number of hydrogen-bond donors (Lipinski definition) is 0. The van der Waals surface area contributed by atoms with Crippen molar-refractivity contribution in [3.63, 3.8) is 0 Å². The molecule has 3 nitrogen and oxygen atoms in total. The van der Waals surface area contributed by atoms with Gasteiger partial charge in [-0.15, -0.1) is 0 Å². The maximum absolute atomic E-state index is 12.2. The molecule has 0 radical (unpaired) electrons. The zero-order valence-corrected chi connectivity index (χ0v) is 14.5. The lowest BCUT2D eigenvalue weighted by atomic mass is 10.3. The second-order valence-corrected chi connectivity index (χ2v) is 7.39. The number of hydrogen-bond acceptors (Lipinski definition) is 3. The number of benzene rings is 2. The first-order valence-electron chi connectivity index (χ1n) is 5.25. The van der Waals surface area contributed by atoms with Crippen LogP contribution in [0.3, 0.4) is 0 Å². The highest BCUT2D eigenvalue weighted by Crippen LogP contribution is 2.36. The molecule has 0 unspecified atom stereocenters. The van der Waals surface area contributed by atoms with Gasteiger partial charge in [0.1, 0.15) is 4.90 Å². The van der Waals surface area contributed by atoms with E-state index in [1.807, 2.05) is 0 Å². The van der Waals surface area contributed by atoms with Crippen LogP contribution in [0, 0.1) is 0 Å². The molecule has 112 valence electrons. The summed E-state index contributed by atoms with van der Waals surface area (Å²) in [5, 5.41) is 0.430. The Bertz CT molecular complexity index is 805. The van der Waals surface area contributed by atoms with Gasteiger partial charge in [0.25, 0.3) is 0 Å². The third kappa shape index (κ3) is 3.89. The summed E-state index contributed by atoms with van der Waals surface area (Å²) >= 11 is 29.0. The van der Waals surface area contributed by atoms with E-state index in [9.17, 15) is 8.42 Å². The van der Waals surface area contributed by atoms with Crippen LogP contribution in [0.2, 0.25) is 25.1 Å². The monoisotopic (exact) mass is 404 g/mol. The third-order valence-corrected chi connectivity index (χ3v) is 5.31. The highest BCUT2D eigenvalue weighted by Gasteiger charge is 2.22. The van der Waals surface area contributed by atoms with Crippen molar-refractivity contribution in [1.29, 1.82) is 0 Å². The standard InChI is InChI=1S/C12H5Cl5O3S/c13-6-1-2-7(14)12(3-6)21(18,19)20-11-5-9(16)8(15)4-10(11)17/h1-5H. The summed E-state index contributed by atoms with van der Waals surface area (Å²) < 4.78 is 29.4. The van der Waals surface area contributed by atoms with Gasteiger partial charge in [-0.1, -0.05) is 58.0 Å². The van der Waals surface area contributed by atoms with Gasteiger partial charge in [-0.05, 0) is 24.3 Å². The molecule has 0 N–H and O–H groups in total. The molecule has 0 aromatic heterocycles. The molecule has 0 aliphatic rings. The van der Waals surface area contributed by atoms with Crippen molar-refractivity contribution < 1.29 is 12.6 Å². The summed E-state index contributed by atoms with van der Waals surface area (Å²) in [5.41, 5.74) is 0. The predicted molar refractivity (Wildman–Crippen MR) is 85.7 cm³/mol. The van der Waals surface area contributed by atoms with Crippen LogP contribution in [0.5, 0.6) is 5.75 Å². The van der Waals surface area contributed by atoms with Gasteiger partial charge in [0.2, 0.25) is 0 Å². The Labute approximate surface area is 146 Å². The fraction of sp³-hybridized carbons (Fsp3) is 0. The number of halogens is 5. The molecule has 21 heavy (non-hydrogen) atoms. The molecule has 2 rings (SSSR count). The Kier molecular flexibility index (Phi) is 5.19. The molecule has 0 heterocycles. The third-order valence-electron chi connectivity index (χ3n) is 2.34. The Morgan fingerprint density at radius 3 is 2.05 bits per heavy atom. The van der Waals surface area contributed by atoms with E-state index in [-0.39, 0.29) is 35.8 Å². The van der Waals surface area contributed by atoms with Crippen LogP contribution in [0.15, 0.2) is 35.2 Å². The van der Waals surface area contributed by atoms with E-state index in [0.717, 1.165) is 0 Å². The van der Waals surface area contributed by atoms with E-state index in [2.05, 4.69) is 0 Å². The SMILES string of the molecule is O=S(=O)(Oc1cc(Cl)c(Cl)cc1Cl)c1cc(Cl)ccc1Cl.